The lowest BCUT2D eigenvalue weighted by Gasteiger charge is -2.06. The Hall–Kier alpha value is -1.22. The fourth-order valence-corrected chi connectivity index (χ4v) is 1.48. The molecule has 0 saturated carbocycles. The molecule has 1 rings (SSSR count). The molecule has 0 aliphatic rings. The van der Waals surface area contributed by atoms with E-state index in [4.69, 9.17) is 15.2 Å². The Bertz CT molecular complexity index is 285. The van der Waals surface area contributed by atoms with Gasteiger partial charge in [-0.05, 0) is 49.9 Å². The first kappa shape index (κ1) is 13.8. The standard InChI is InChI=1S/C14H23NO2/c1-2-10-16-11-4-3-5-12-17-14-8-6-13(15)7-9-14/h6-9H,2-5,10-12,15H2,1H3. The first-order chi connectivity index (χ1) is 8.33. The molecular formula is C14H23NO2. The van der Waals surface area contributed by atoms with Gasteiger partial charge >= 0.3 is 0 Å². The Morgan fingerprint density at radius 1 is 0.941 bits per heavy atom. The van der Waals surface area contributed by atoms with Crippen LogP contribution in [0.5, 0.6) is 5.75 Å². The van der Waals surface area contributed by atoms with Crippen LogP contribution < -0.4 is 10.5 Å². The highest BCUT2D eigenvalue weighted by molar-refractivity contribution is 5.41. The zero-order valence-corrected chi connectivity index (χ0v) is 10.7. The number of anilines is 1. The van der Waals surface area contributed by atoms with Crippen molar-refractivity contribution in [2.24, 2.45) is 0 Å². The van der Waals surface area contributed by atoms with Gasteiger partial charge in [0.05, 0.1) is 6.61 Å². The molecule has 0 aromatic heterocycles. The van der Waals surface area contributed by atoms with Crippen molar-refractivity contribution >= 4 is 5.69 Å². The zero-order chi connectivity index (χ0) is 12.3. The maximum atomic E-state index is 5.59. The van der Waals surface area contributed by atoms with Crippen molar-refractivity contribution in [1.82, 2.24) is 0 Å². The second-order valence-electron chi connectivity index (χ2n) is 4.09. The van der Waals surface area contributed by atoms with Crippen molar-refractivity contribution in [3.05, 3.63) is 24.3 Å². The fraction of sp³-hybridized carbons (Fsp3) is 0.571. The Morgan fingerprint density at radius 3 is 2.35 bits per heavy atom. The molecule has 1 aromatic rings. The molecule has 2 N–H and O–H groups in total. The Balaban J connectivity index is 1.95. The summed E-state index contributed by atoms with van der Waals surface area (Å²) in [5, 5.41) is 0. The SMILES string of the molecule is CCCOCCCCCOc1ccc(N)cc1. The van der Waals surface area contributed by atoms with Crippen LogP contribution in [0.15, 0.2) is 24.3 Å². The van der Waals surface area contributed by atoms with Gasteiger partial charge in [0, 0.05) is 18.9 Å². The minimum Gasteiger partial charge on any atom is -0.494 e. The molecule has 0 saturated heterocycles. The van der Waals surface area contributed by atoms with Crippen LogP contribution in [-0.4, -0.2) is 19.8 Å². The summed E-state index contributed by atoms with van der Waals surface area (Å²) < 4.78 is 11.0. The van der Waals surface area contributed by atoms with Crippen molar-refractivity contribution in [2.45, 2.75) is 32.6 Å². The van der Waals surface area contributed by atoms with E-state index in [1.165, 1.54) is 0 Å². The van der Waals surface area contributed by atoms with Gasteiger partial charge in [-0.15, -0.1) is 0 Å². The highest BCUT2D eigenvalue weighted by Gasteiger charge is 1.94. The van der Waals surface area contributed by atoms with Gasteiger partial charge in [0.15, 0.2) is 0 Å². The maximum Gasteiger partial charge on any atom is 0.119 e. The average molecular weight is 237 g/mol. The second kappa shape index (κ2) is 8.88. The van der Waals surface area contributed by atoms with E-state index in [9.17, 15) is 0 Å². The molecular weight excluding hydrogens is 214 g/mol. The smallest absolute Gasteiger partial charge is 0.119 e. The van der Waals surface area contributed by atoms with Crippen molar-refractivity contribution in [2.75, 3.05) is 25.6 Å². The van der Waals surface area contributed by atoms with E-state index >= 15 is 0 Å². The van der Waals surface area contributed by atoms with Crippen LogP contribution >= 0.6 is 0 Å². The Kier molecular flexibility index (Phi) is 7.23. The van der Waals surface area contributed by atoms with E-state index in [1.54, 1.807) is 0 Å². The van der Waals surface area contributed by atoms with Crippen LogP contribution in [0.25, 0.3) is 0 Å². The molecule has 0 spiro atoms. The molecule has 0 radical (unpaired) electrons. The molecule has 0 unspecified atom stereocenters. The summed E-state index contributed by atoms with van der Waals surface area (Å²) >= 11 is 0. The van der Waals surface area contributed by atoms with Gasteiger partial charge in [-0.25, -0.2) is 0 Å². The molecule has 0 fully saturated rings. The molecule has 1 aromatic carbocycles. The van der Waals surface area contributed by atoms with Crippen LogP contribution in [0.3, 0.4) is 0 Å². The number of nitrogens with two attached hydrogens (primary N) is 1. The number of ether oxygens (including phenoxy) is 2. The first-order valence-corrected chi connectivity index (χ1v) is 6.39. The van der Waals surface area contributed by atoms with Gasteiger partial charge in [0.2, 0.25) is 0 Å². The minimum atomic E-state index is 0.762. The van der Waals surface area contributed by atoms with Crippen molar-refractivity contribution in [1.29, 1.82) is 0 Å². The minimum absolute atomic E-state index is 0.762. The first-order valence-electron chi connectivity index (χ1n) is 6.39. The molecule has 0 amide bonds. The van der Waals surface area contributed by atoms with Gasteiger partial charge in [-0.2, -0.15) is 0 Å². The number of rotatable bonds is 9. The molecule has 0 atom stereocenters. The van der Waals surface area contributed by atoms with Crippen LogP contribution in [0.2, 0.25) is 0 Å². The third-order valence-corrected chi connectivity index (χ3v) is 2.43. The lowest BCUT2D eigenvalue weighted by atomic mass is 10.2. The van der Waals surface area contributed by atoms with E-state index in [0.717, 1.165) is 56.9 Å². The van der Waals surface area contributed by atoms with E-state index < -0.39 is 0 Å². The number of hydrogen-bond acceptors (Lipinski definition) is 3. The van der Waals surface area contributed by atoms with Crippen LogP contribution in [0.1, 0.15) is 32.6 Å². The molecule has 3 heteroatoms. The van der Waals surface area contributed by atoms with Crippen LogP contribution in [0.4, 0.5) is 5.69 Å². The summed E-state index contributed by atoms with van der Waals surface area (Å²) in [6, 6.07) is 7.52. The molecule has 96 valence electrons. The normalized spacial score (nSPS) is 10.4. The molecule has 3 nitrogen and oxygen atoms in total. The van der Waals surface area contributed by atoms with Crippen molar-refractivity contribution in [3.63, 3.8) is 0 Å². The summed E-state index contributed by atoms with van der Waals surface area (Å²) in [4.78, 5) is 0. The van der Waals surface area contributed by atoms with Gasteiger partial charge in [0.1, 0.15) is 5.75 Å². The van der Waals surface area contributed by atoms with Gasteiger partial charge in [-0.3, -0.25) is 0 Å². The lowest BCUT2D eigenvalue weighted by molar-refractivity contribution is 0.129. The van der Waals surface area contributed by atoms with E-state index in [2.05, 4.69) is 6.92 Å². The third kappa shape index (κ3) is 6.84. The van der Waals surface area contributed by atoms with Gasteiger partial charge < -0.3 is 15.2 Å². The predicted molar refractivity (Wildman–Crippen MR) is 71.3 cm³/mol. The quantitative estimate of drug-likeness (QED) is 0.529. The molecule has 0 aliphatic heterocycles. The molecule has 0 heterocycles. The third-order valence-electron chi connectivity index (χ3n) is 2.43. The molecule has 0 bridgehead atoms. The number of unbranched alkanes of at least 4 members (excludes halogenated alkanes) is 2. The fourth-order valence-electron chi connectivity index (χ4n) is 1.48. The predicted octanol–water partition coefficient (Wildman–Crippen LogP) is 3.24. The highest BCUT2D eigenvalue weighted by atomic mass is 16.5. The van der Waals surface area contributed by atoms with Gasteiger partial charge in [-0.1, -0.05) is 6.92 Å². The summed E-state index contributed by atoms with van der Waals surface area (Å²) in [5.74, 6) is 0.890. The summed E-state index contributed by atoms with van der Waals surface area (Å²) in [5.41, 5.74) is 6.36. The van der Waals surface area contributed by atoms with E-state index in [0.29, 0.717) is 0 Å². The van der Waals surface area contributed by atoms with Crippen molar-refractivity contribution < 1.29 is 9.47 Å². The van der Waals surface area contributed by atoms with Crippen molar-refractivity contribution in [3.8, 4) is 5.75 Å². The lowest BCUT2D eigenvalue weighted by Crippen LogP contribution is -2.00. The Morgan fingerprint density at radius 2 is 1.65 bits per heavy atom. The number of nitrogen functional groups attached to an aromatic ring is 1. The summed E-state index contributed by atoms with van der Waals surface area (Å²) in [6.07, 6.45) is 4.43. The van der Waals surface area contributed by atoms with E-state index in [1.807, 2.05) is 24.3 Å². The highest BCUT2D eigenvalue weighted by Crippen LogP contribution is 2.13. The topological polar surface area (TPSA) is 44.5 Å². The summed E-state index contributed by atoms with van der Waals surface area (Å²) in [6.45, 7) is 4.63. The molecule has 0 aliphatic carbocycles. The van der Waals surface area contributed by atoms with E-state index in [-0.39, 0.29) is 0 Å². The largest absolute Gasteiger partial charge is 0.494 e. The van der Waals surface area contributed by atoms with Crippen LogP contribution in [0, 0.1) is 0 Å². The number of benzene rings is 1. The maximum absolute atomic E-state index is 5.59. The van der Waals surface area contributed by atoms with Crippen LogP contribution in [-0.2, 0) is 4.74 Å². The molecule has 17 heavy (non-hydrogen) atoms. The monoisotopic (exact) mass is 237 g/mol. The number of hydrogen-bond donors (Lipinski definition) is 1. The second-order valence-corrected chi connectivity index (χ2v) is 4.09. The van der Waals surface area contributed by atoms with Gasteiger partial charge in [0.25, 0.3) is 0 Å². The average Bonchev–Trinajstić information content (AvgIpc) is 2.35. The Labute approximate surface area is 104 Å². The zero-order valence-electron chi connectivity index (χ0n) is 10.7. The summed E-state index contributed by atoms with van der Waals surface area (Å²) in [7, 11) is 0.